The molecule has 0 amide bonds. The topological polar surface area (TPSA) is 47.3 Å². The van der Waals surface area contributed by atoms with Gasteiger partial charge in [-0.15, -0.1) is 0 Å². The van der Waals surface area contributed by atoms with Gasteiger partial charge < -0.3 is 14.4 Å². The van der Waals surface area contributed by atoms with E-state index in [0.717, 1.165) is 5.56 Å². The van der Waals surface area contributed by atoms with Crippen LogP contribution in [0.25, 0.3) is 22.5 Å². The van der Waals surface area contributed by atoms with Crippen molar-refractivity contribution < 1.29 is 18.6 Å². The maximum absolute atomic E-state index is 14.2. The summed E-state index contributed by atoms with van der Waals surface area (Å²) in [6.45, 7) is 2.17. The number of aromatic nitrogens is 2. The van der Waals surface area contributed by atoms with E-state index in [4.69, 9.17) is 4.74 Å². The first-order chi connectivity index (χ1) is 12.5. The number of rotatable bonds is 6. The molecule has 0 aliphatic heterocycles. The molecule has 136 valence electrons. The lowest BCUT2D eigenvalue weighted by atomic mass is 10.0. The van der Waals surface area contributed by atoms with Gasteiger partial charge in [-0.25, -0.2) is 13.8 Å². The number of aliphatic hydroxyl groups excluding tert-OH is 1. The second-order valence-electron chi connectivity index (χ2n) is 6.11. The molecule has 6 heteroatoms. The quantitative estimate of drug-likeness (QED) is 0.716. The van der Waals surface area contributed by atoms with Gasteiger partial charge >= 0.3 is 0 Å². The van der Waals surface area contributed by atoms with Crippen molar-refractivity contribution in [3.8, 4) is 28.3 Å². The Labute approximate surface area is 150 Å². The molecule has 1 heterocycles. The molecule has 0 spiro atoms. The number of methoxy groups -OCH3 is 1. The highest BCUT2D eigenvalue weighted by molar-refractivity contribution is 5.79. The van der Waals surface area contributed by atoms with Gasteiger partial charge in [-0.1, -0.05) is 30.3 Å². The Morgan fingerprint density at radius 3 is 2.35 bits per heavy atom. The van der Waals surface area contributed by atoms with Crippen LogP contribution >= 0.6 is 0 Å². The predicted octanol–water partition coefficient (Wildman–Crippen LogP) is 4.27. The van der Waals surface area contributed by atoms with Crippen molar-refractivity contribution in [2.24, 2.45) is 0 Å². The van der Waals surface area contributed by atoms with E-state index in [-0.39, 0.29) is 0 Å². The number of aliphatic hydroxyl groups is 1. The number of hydrogen-bond donors (Lipinski definition) is 1. The molecule has 2 aromatic carbocycles. The molecular weight excluding hydrogens is 338 g/mol. The zero-order valence-electron chi connectivity index (χ0n) is 14.6. The van der Waals surface area contributed by atoms with Crippen LogP contribution in [0.5, 0.6) is 5.75 Å². The summed E-state index contributed by atoms with van der Waals surface area (Å²) in [6, 6.07) is 11.9. The van der Waals surface area contributed by atoms with Crippen molar-refractivity contribution in [2.75, 3.05) is 7.11 Å². The first-order valence-corrected chi connectivity index (χ1v) is 8.33. The van der Waals surface area contributed by atoms with E-state index in [1.54, 1.807) is 17.8 Å². The van der Waals surface area contributed by atoms with Crippen LogP contribution in [0, 0.1) is 11.6 Å². The minimum Gasteiger partial charge on any atom is -0.491 e. The van der Waals surface area contributed by atoms with E-state index in [2.05, 4.69) is 4.98 Å². The fourth-order valence-corrected chi connectivity index (χ4v) is 2.88. The van der Waals surface area contributed by atoms with Crippen molar-refractivity contribution in [1.82, 2.24) is 9.55 Å². The van der Waals surface area contributed by atoms with Gasteiger partial charge in [0.05, 0.1) is 30.9 Å². The normalized spacial score (nSPS) is 12.2. The number of nitrogens with zero attached hydrogens (tertiary/aromatic N) is 2. The molecule has 0 bridgehead atoms. The number of imidazole rings is 1. The van der Waals surface area contributed by atoms with Crippen LogP contribution in [0.3, 0.4) is 0 Å². The molecule has 0 aliphatic carbocycles. The lowest BCUT2D eigenvalue weighted by Crippen LogP contribution is -2.07. The third-order valence-electron chi connectivity index (χ3n) is 4.15. The van der Waals surface area contributed by atoms with Crippen LogP contribution in [0.15, 0.2) is 48.8 Å². The average Bonchev–Trinajstić information content (AvgIpc) is 3.04. The van der Waals surface area contributed by atoms with Crippen LogP contribution in [0.4, 0.5) is 8.78 Å². The number of benzene rings is 2. The van der Waals surface area contributed by atoms with Crippen LogP contribution in [0.1, 0.15) is 13.3 Å². The van der Waals surface area contributed by atoms with E-state index in [9.17, 15) is 13.9 Å². The van der Waals surface area contributed by atoms with E-state index in [1.165, 1.54) is 19.2 Å². The number of aryl methyl sites for hydroxylation is 1. The van der Waals surface area contributed by atoms with Crippen molar-refractivity contribution in [3.63, 3.8) is 0 Å². The first-order valence-electron chi connectivity index (χ1n) is 8.33. The molecule has 3 aromatic rings. The van der Waals surface area contributed by atoms with Crippen molar-refractivity contribution in [3.05, 3.63) is 60.4 Å². The molecule has 0 saturated heterocycles. The summed E-state index contributed by atoms with van der Waals surface area (Å²) in [5, 5.41) is 9.59. The van der Waals surface area contributed by atoms with Gasteiger partial charge in [0.15, 0.2) is 17.4 Å². The van der Waals surface area contributed by atoms with Crippen LogP contribution in [-0.4, -0.2) is 27.9 Å². The fourth-order valence-electron chi connectivity index (χ4n) is 2.88. The van der Waals surface area contributed by atoms with E-state index >= 15 is 0 Å². The van der Waals surface area contributed by atoms with Gasteiger partial charge in [0, 0.05) is 17.7 Å². The largest absolute Gasteiger partial charge is 0.491 e. The lowest BCUT2D eigenvalue weighted by Gasteiger charge is -2.13. The zero-order valence-corrected chi connectivity index (χ0v) is 14.6. The highest BCUT2D eigenvalue weighted by Gasteiger charge is 2.19. The average molecular weight is 358 g/mol. The minimum absolute atomic E-state index is 0.364. The summed E-state index contributed by atoms with van der Waals surface area (Å²) in [6.07, 6.45) is 1.63. The van der Waals surface area contributed by atoms with Crippen LogP contribution < -0.4 is 4.74 Å². The van der Waals surface area contributed by atoms with E-state index in [0.29, 0.717) is 29.9 Å². The molecule has 1 atom stereocenters. The lowest BCUT2D eigenvalue weighted by molar-refractivity contribution is 0.178. The Balaban J connectivity index is 2.15. The molecule has 0 unspecified atom stereocenters. The van der Waals surface area contributed by atoms with Gasteiger partial charge in [0.1, 0.15) is 0 Å². The second-order valence-corrected chi connectivity index (χ2v) is 6.11. The van der Waals surface area contributed by atoms with Crippen LogP contribution in [-0.2, 0) is 6.54 Å². The van der Waals surface area contributed by atoms with Crippen molar-refractivity contribution in [2.45, 2.75) is 26.0 Å². The summed E-state index contributed by atoms with van der Waals surface area (Å²) >= 11 is 0. The molecule has 0 aliphatic rings. The number of hydrogen-bond acceptors (Lipinski definition) is 3. The highest BCUT2D eigenvalue weighted by atomic mass is 19.1. The molecule has 0 fully saturated rings. The molecule has 1 N–H and O–H groups in total. The third kappa shape index (κ3) is 3.60. The zero-order chi connectivity index (χ0) is 18.7. The van der Waals surface area contributed by atoms with Gasteiger partial charge in [-0.2, -0.15) is 0 Å². The molecule has 1 aromatic heterocycles. The van der Waals surface area contributed by atoms with Crippen molar-refractivity contribution >= 4 is 0 Å². The van der Waals surface area contributed by atoms with Gasteiger partial charge in [-0.05, 0) is 25.5 Å². The molecule has 0 saturated carbocycles. The van der Waals surface area contributed by atoms with Crippen LogP contribution in [0.2, 0.25) is 0 Å². The first kappa shape index (κ1) is 18.1. The molecule has 3 rings (SSSR count). The monoisotopic (exact) mass is 358 g/mol. The highest BCUT2D eigenvalue weighted by Crippen LogP contribution is 2.35. The summed E-state index contributed by atoms with van der Waals surface area (Å²) in [5.41, 5.74) is 2.43. The minimum atomic E-state index is -0.773. The molecular formula is C20H20F2N2O2. The SMILES string of the molecule is COc1c(F)cc(-c2c(-c3ccccc3)ncn2CC[C@H](C)O)cc1F. The number of halogens is 2. The molecule has 26 heavy (non-hydrogen) atoms. The Bertz CT molecular complexity index is 869. The number of ether oxygens (including phenoxy) is 1. The standard InChI is InChI=1S/C20H20F2N2O2/c1-13(25)8-9-24-12-23-18(14-6-4-3-5-7-14)19(24)15-10-16(21)20(26-2)17(22)11-15/h3-7,10-13,25H,8-9H2,1-2H3/t13-/m0/s1. The Kier molecular flexibility index (Phi) is 5.32. The Hall–Kier alpha value is -2.73. The Morgan fingerprint density at radius 1 is 1.12 bits per heavy atom. The maximum atomic E-state index is 14.2. The third-order valence-corrected chi connectivity index (χ3v) is 4.15. The van der Waals surface area contributed by atoms with Gasteiger partial charge in [-0.3, -0.25) is 0 Å². The summed E-state index contributed by atoms with van der Waals surface area (Å²) in [4.78, 5) is 4.45. The summed E-state index contributed by atoms with van der Waals surface area (Å²) in [7, 11) is 1.23. The summed E-state index contributed by atoms with van der Waals surface area (Å²) in [5.74, 6) is -1.96. The Morgan fingerprint density at radius 2 is 1.77 bits per heavy atom. The second kappa shape index (κ2) is 7.66. The smallest absolute Gasteiger partial charge is 0.190 e. The van der Waals surface area contributed by atoms with E-state index in [1.807, 2.05) is 30.3 Å². The summed E-state index contributed by atoms with van der Waals surface area (Å²) < 4.78 is 35.1. The fraction of sp³-hybridized carbons (Fsp3) is 0.250. The predicted molar refractivity (Wildman–Crippen MR) is 95.9 cm³/mol. The van der Waals surface area contributed by atoms with E-state index < -0.39 is 23.5 Å². The maximum Gasteiger partial charge on any atom is 0.190 e. The van der Waals surface area contributed by atoms with Crippen molar-refractivity contribution in [1.29, 1.82) is 0 Å². The van der Waals surface area contributed by atoms with Gasteiger partial charge in [0.25, 0.3) is 0 Å². The van der Waals surface area contributed by atoms with Gasteiger partial charge in [0.2, 0.25) is 0 Å². The molecule has 0 radical (unpaired) electrons. The molecule has 4 nitrogen and oxygen atoms in total.